The summed E-state index contributed by atoms with van der Waals surface area (Å²) in [5.41, 5.74) is 4.74. The molecule has 2 N–H and O–H groups in total. The number of aromatic nitrogens is 3. The first-order chi connectivity index (χ1) is 20.1. The summed E-state index contributed by atoms with van der Waals surface area (Å²) in [5.74, 6) is 0.118. The van der Waals surface area contributed by atoms with Crippen LogP contribution in [-0.2, 0) is 11.2 Å². The fourth-order valence-electron chi connectivity index (χ4n) is 4.50. The Hall–Kier alpha value is -5.20. The third-order valence-corrected chi connectivity index (χ3v) is 6.46. The van der Waals surface area contributed by atoms with Gasteiger partial charge in [0, 0.05) is 12.1 Å². The molecule has 0 atom stereocenters. The molecule has 1 fully saturated rings. The summed E-state index contributed by atoms with van der Waals surface area (Å²) in [6.07, 6.45) is -2.75. The minimum atomic E-state index is -4.76. The van der Waals surface area contributed by atoms with E-state index >= 15 is 0 Å². The Kier molecular flexibility index (Phi) is 7.91. The van der Waals surface area contributed by atoms with E-state index in [1.54, 1.807) is 0 Å². The minimum absolute atomic E-state index is 0.0581. The Labute approximate surface area is 238 Å². The second-order valence-corrected chi connectivity index (χ2v) is 9.49. The molecule has 0 saturated carbocycles. The van der Waals surface area contributed by atoms with Crippen LogP contribution >= 0.6 is 0 Å². The van der Waals surface area contributed by atoms with E-state index in [1.165, 1.54) is 40.2 Å². The molecule has 0 unspecified atom stereocenters. The van der Waals surface area contributed by atoms with Crippen LogP contribution in [0, 0.1) is 13.8 Å². The van der Waals surface area contributed by atoms with Gasteiger partial charge in [0.1, 0.15) is 12.1 Å². The van der Waals surface area contributed by atoms with E-state index in [0.717, 1.165) is 22.3 Å². The number of nitrogens with one attached hydrogen (secondary N) is 2. The molecular formula is C29H26F3N7O3. The van der Waals surface area contributed by atoms with Gasteiger partial charge in [0.2, 0.25) is 5.96 Å². The first-order valence-corrected chi connectivity index (χ1v) is 12.9. The summed E-state index contributed by atoms with van der Waals surface area (Å²) in [7, 11) is 0. The van der Waals surface area contributed by atoms with Crippen LogP contribution in [0.25, 0.3) is 17.1 Å². The van der Waals surface area contributed by atoms with Gasteiger partial charge in [-0.3, -0.25) is 4.79 Å². The number of aliphatic imine (C=N–C) groups is 1. The highest BCUT2D eigenvalue weighted by Gasteiger charge is 2.32. The molecule has 1 aliphatic rings. The normalized spacial score (nSPS) is 14.3. The Morgan fingerprint density at radius 2 is 1.74 bits per heavy atom. The first-order valence-electron chi connectivity index (χ1n) is 12.9. The second-order valence-electron chi connectivity index (χ2n) is 9.49. The fraction of sp³-hybridized carbons (Fsp3) is 0.207. The number of rotatable bonds is 7. The van der Waals surface area contributed by atoms with Crippen molar-refractivity contribution in [3.63, 3.8) is 0 Å². The van der Waals surface area contributed by atoms with Crippen molar-refractivity contribution in [1.29, 1.82) is 0 Å². The zero-order valence-corrected chi connectivity index (χ0v) is 22.6. The van der Waals surface area contributed by atoms with Crippen LogP contribution in [0.5, 0.6) is 5.75 Å². The molecule has 1 saturated heterocycles. The first kappa shape index (κ1) is 28.3. The molecule has 10 nitrogen and oxygen atoms in total. The molecule has 2 heterocycles. The fourth-order valence-corrected chi connectivity index (χ4v) is 4.50. The molecule has 13 heteroatoms. The van der Waals surface area contributed by atoms with Gasteiger partial charge in [-0.15, -0.1) is 18.3 Å². The van der Waals surface area contributed by atoms with E-state index in [9.17, 15) is 22.8 Å². The summed E-state index contributed by atoms with van der Waals surface area (Å²) < 4.78 is 42.5. The number of benzene rings is 3. The zero-order chi connectivity index (χ0) is 29.9. The summed E-state index contributed by atoms with van der Waals surface area (Å²) in [5, 5.41) is 10.1. The number of urea groups is 1. The highest BCUT2D eigenvalue weighted by molar-refractivity contribution is 6.24. The van der Waals surface area contributed by atoms with E-state index in [4.69, 9.17) is 0 Å². The maximum atomic E-state index is 12.5. The van der Waals surface area contributed by atoms with E-state index < -0.39 is 12.4 Å². The predicted molar refractivity (Wildman–Crippen MR) is 149 cm³/mol. The molecule has 1 aromatic heterocycles. The van der Waals surface area contributed by atoms with Crippen LogP contribution in [0.3, 0.4) is 0 Å². The van der Waals surface area contributed by atoms with Gasteiger partial charge in [-0.2, -0.15) is 4.99 Å². The molecule has 216 valence electrons. The lowest BCUT2D eigenvalue weighted by molar-refractivity contribution is -0.274. The van der Waals surface area contributed by atoms with Crippen molar-refractivity contribution in [2.45, 2.75) is 26.6 Å². The number of carbonyl (C=O) groups is 2. The number of para-hydroxylation sites is 1. The highest BCUT2D eigenvalue weighted by Crippen LogP contribution is 2.27. The van der Waals surface area contributed by atoms with Crippen LogP contribution in [0.4, 0.5) is 23.7 Å². The average molecular weight is 578 g/mol. The largest absolute Gasteiger partial charge is 0.573 e. The Morgan fingerprint density at radius 1 is 1.05 bits per heavy atom. The second kappa shape index (κ2) is 11.7. The molecule has 4 aromatic rings. The van der Waals surface area contributed by atoms with Crippen LogP contribution in [0.1, 0.15) is 16.7 Å². The van der Waals surface area contributed by atoms with Gasteiger partial charge in [-0.1, -0.05) is 42.5 Å². The van der Waals surface area contributed by atoms with Gasteiger partial charge in [-0.25, -0.2) is 19.4 Å². The maximum Gasteiger partial charge on any atom is 0.573 e. The lowest BCUT2D eigenvalue weighted by Crippen LogP contribution is -2.36. The highest BCUT2D eigenvalue weighted by atomic mass is 19.4. The SMILES string of the molecule is Cc1cccc(C)c1N1C(=O)CN/C1=N\C(=O)NCCc1ccc(-c2ncn(-c3ccc(OC(F)(F)F)cc3)n2)cc1. The number of hydrogen-bond donors (Lipinski definition) is 2. The number of anilines is 1. The summed E-state index contributed by atoms with van der Waals surface area (Å²) >= 11 is 0. The molecule has 1 aliphatic heterocycles. The Morgan fingerprint density at radius 3 is 2.40 bits per heavy atom. The number of ether oxygens (including phenoxy) is 1. The van der Waals surface area contributed by atoms with Crippen molar-refractivity contribution in [2.24, 2.45) is 4.99 Å². The Balaban J connectivity index is 1.16. The molecule has 5 rings (SSSR count). The van der Waals surface area contributed by atoms with E-state index in [0.29, 0.717) is 30.2 Å². The topological polar surface area (TPSA) is 114 Å². The number of hydrogen-bond acceptors (Lipinski definition) is 5. The molecule has 0 radical (unpaired) electrons. The molecule has 3 amide bonds. The van der Waals surface area contributed by atoms with Gasteiger partial charge in [0.25, 0.3) is 5.91 Å². The standard InChI is InChI=1S/C29H26F3N7O3/c1-18-4-3-5-19(2)25(18)39-24(40)16-34-27(39)36-28(41)33-15-14-20-6-8-21(9-7-20)26-35-17-38(37-26)22-10-12-23(13-11-22)42-29(30,31)32/h3-13,17H,14-16H2,1-2H3,(H2,33,34,36,41). The smallest absolute Gasteiger partial charge is 0.406 e. The number of alkyl halides is 3. The summed E-state index contributed by atoms with van der Waals surface area (Å²) in [6.45, 7) is 4.19. The molecular weight excluding hydrogens is 551 g/mol. The monoisotopic (exact) mass is 577 g/mol. The van der Waals surface area contributed by atoms with E-state index in [-0.39, 0.29) is 24.2 Å². The van der Waals surface area contributed by atoms with Crippen LogP contribution in [-0.4, -0.2) is 52.1 Å². The number of halogens is 3. The van der Waals surface area contributed by atoms with Gasteiger partial charge in [0.15, 0.2) is 5.82 Å². The molecule has 0 aliphatic carbocycles. The average Bonchev–Trinajstić information content (AvgIpc) is 3.56. The van der Waals surface area contributed by atoms with E-state index in [2.05, 4.69) is 30.4 Å². The molecule has 0 bridgehead atoms. The van der Waals surface area contributed by atoms with Crippen molar-refractivity contribution in [3.05, 3.63) is 89.7 Å². The predicted octanol–water partition coefficient (Wildman–Crippen LogP) is 4.69. The number of nitrogens with zero attached hydrogens (tertiary/aromatic N) is 5. The molecule has 42 heavy (non-hydrogen) atoms. The lowest BCUT2D eigenvalue weighted by Gasteiger charge is -2.20. The quantitative estimate of drug-likeness (QED) is 0.330. The van der Waals surface area contributed by atoms with Gasteiger partial charge >= 0.3 is 12.4 Å². The Bertz CT molecular complexity index is 1610. The maximum absolute atomic E-state index is 12.5. The third kappa shape index (κ3) is 6.57. The van der Waals surface area contributed by atoms with Gasteiger partial charge < -0.3 is 15.4 Å². The summed E-state index contributed by atoms with van der Waals surface area (Å²) in [4.78, 5) is 34.9. The van der Waals surface area contributed by atoms with Crippen molar-refractivity contribution in [3.8, 4) is 22.8 Å². The summed E-state index contributed by atoms with van der Waals surface area (Å²) in [6, 6.07) is 17.9. The number of aryl methyl sites for hydroxylation is 2. The van der Waals surface area contributed by atoms with Crippen molar-refractivity contribution in [2.75, 3.05) is 18.0 Å². The van der Waals surface area contributed by atoms with Crippen molar-refractivity contribution in [1.82, 2.24) is 25.4 Å². The van der Waals surface area contributed by atoms with Crippen LogP contribution in [0.2, 0.25) is 0 Å². The zero-order valence-electron chi connectivity index (χ0n) is 22.6. The van der Waals surface area contributed by atoms with Crippen molar-refractivity contribution < 1.29 is 27.5 Å². The van der Waals surface area contributed by atoms with Crippen molar-refractivity contribution >= 4 is 23.6 Å². The van der Waals surface area contributed by atoms with Gasteiger partial charge in [0.05, 0.1) is 17.9 Å². The lowest BCUT2D eigenvalue weighted by atomic mass is 10.1. The molecule has 3 aromatic carbocycles. The van der Waals surface area contributed by atoms with Crippen LogP contribution < -0.4 is 20.3 Å². The molecule has 0 spiro atoms. The third-order valence-electron chi connectivity index (χ3n) is 6.46. The number of amides is 3. The van der Waals surface area contributed by atoms with Crippen LogP contribution in [0.15, 0.2) is 78.0 Å². The number of guanidine groups is 1. The van der Waals surface area contributed by atoms with Gasteiger partial charge in [-0.05, 0) is 61.2 Å². The van der Waals surface area contributed by atoms with E-state index in [1.807, 2.05) is 56.3 Å². The minimum Gasteiger partial charge on any atom is -0.406 e. The number of carbonyl (C=O) groups excluding carboxylic acids is 2.